The van der Waals surface area contributed by atoms with Crippen molar-refractivity contribution in [2.75, 3.05) is 20.2 Å². The zero-order valence-corrected chi connectivity index (χ0v) is 19.9. The van der Waals surface area contributed by atoms with Crippen LogP contribution in [0.4, 0.5) is 4.39 Å². The number of hydrogen-bond acceptors (Lipinski definition) is 4. The van der Waals surface area contributed by atoms with Crippen LogP contribution in [-0.2, 0) is 10.4 Å². The Bertz CT molecular complexity index is 1020. The van der Waals surface area contributed by atoms with Gasteiger partial charge in [0.25, 0.3) is 5.91 Å². The van der Waals surface area contributed by atoms with Crippen LogP contribution in [0.1, 0.15) is 56.5 Å². The standard InChI is InChI=1S/C26H33FN2O4/c1-24(2)17-29(14-13-26(24,32)19-11-12-20(27)21(15-19)33-5)22(30)16-25(3,4)28-23(31)18-9-7-6-8-10-18/h6-12,15,32H,13-14,16-17H2,1-5H3,(H,28,31)/t26-/m0/s1. The molecule has 1 saturated heterocycles. The first kappa shape index (κ1) is 24.7. The molecule has 2 aromatic carbocycles. The summed E-state index contributed by atoms with van der Waals surface area (Å²) in [6, 6.07) is 13.3. The normalized spacial score (nSPS) is 20.3. The third-order valence-electron chi connectivity index (χ3n) is 6.51. The maximum absolute atomic E-state index is 13.9. The quantitative estimate of drug-likeness (QED) is 0.692. The fraction of sp³-hybridized carbons (Fsp3) is 0.462. The molecule has 0 aromatic heterocycles. The van der Waals surface area contributed by atoms with Crippen LogP contribution in [0.2, 0.25) is 0 Å². The van der Waals surface area contributed by atoms with Crippen molar-refractivity contribution >= 4 is 11.8 Å². The van der Waals surface area contributed by atoms with Gasteiger partial charge in [0.15, 0.2) is 11.6 Å². The highest BCUT2D eigenvalue weighted by Crippen LogP contribution is 2.47. The number of amides is 2. The Morgan fingerprint density at radius 3 is 2.45 bits per heavy atom. The van der Waals surface area contributed by atoms with Gasteiger partial charge in [-0.1, -0.05) is 38.1 Å². The first-order valence-electron chi connectivity index (χ1n) is 11.1. The molecule has 2 amide bonds. The zero-order valence-electron chi connectivity index (χ0n) is 19.9. The van der Waals surface area contributed by atoms with Crippen LogP contribution in [0.5, 0.6) is 5.75 Å². The molecule has 0 radical (unpaired) electrons. The maximum atomic E-state index is 13.9. The fourth-order valence-corrected chi connectivity index (χ4v) is 4.49. The second kappa shape index (κ2) is 9.14. The Balaban J connectivity index is 1.70. The van der Waals surface area contributed by atoms with E-state index in [1.807, 2.05) is 33.8 Å². The molecule has 7 heteroatoms. The van der Waals surface area contributed by atoms with Crippen molar-refractivity contribution in [2.24, 2.45) is 5.41 Å². The van der Waals surface area contributed by atoms with Gasteiger partial charge in [0.2, 0.25) is 5.91 Å². The molecule has 178 valence electrons. The Kier molecular flexibility index (Phi) is 6.84. The number of rotatable bonds is 6. The first-order valence-corrected chi connectivity index (χ1v) is 11.1. The van der Waals surface area contributed by atoms with Gasteiger partial charge in [-0.15, -0.1) is 0 Å². The van der Waals surface area contributed by atoms with Crippen LogP contribution in [-0.4, -0.2) is 47.6 Å². The molecule has 0 saturated carbocycles. The number of aliphatic hydroxyl groups is 1. The summed E-state index contributed by atoms with van der Waals surface area (Å²) >= 11 is 0. The lowest BCUT2D eigenvalue weighted by Gasteiger charge is -2.51. The van der Waals surface area contributed by atoms with E-state index in [2.05, 4.69) is 5.32 Å². The molecular formula is C26H33FN2O4. The van der Waals surface area contributed by atoms with Crippen molar-refractivity contribution in [3.05, 3.63) is 65.5 Å². The van der Waals surface area contributed by atoms with Gasteiger partial charge in [0, 0.05) is 36.0 Å². The number of ether oxygens (including phenoxy) is 1. The van der Waals surface area contributed by atoms with Gasteiger partial charge in [0.05, 0.1) is 12.7 Å². The van der Waals surface area contributed by atoms with Gasteiger partial charge in [-0.2, -0.15) is 0 Å². The average molecular weight is 457 g/mol. The molecule has 0 unspecified atom stereocenters. The van der Waals surface area contributed by atoms with E-state index in [0.29, 0.717) is 30.6 Å². The van der Waals surface area contributed by atoms with Gasteiger partial charge in [-0.3, -0.25) is 9.59 Å². The largest absolute Gasteiger partial charge is 0.494 e. The second-order valence-corrected chi connectivity index (χ2v) is 10.0. The molecule has 1 heterocycles. The number of methoxy groups -OCH3 is 1. The summed E-state index contributed by atoms with van der Waals surface area (Å²) in [6.07, 6.45) is 0.432. The lowest BCUT2D eigenvalue weighted by atomic mass is 9.66. The third-order valence-corrected chi connectivity index (χ3v) is 6.51. The summed E-state index contributed by atoms with van der Waals surface area (Å²) in [5.74, 6) is -0.742. The minimum atomic E-state index is -1.25. The van der Waals surface area contributed by atoms with E-state index in [1.54, 1.807) is 35.2 Å². The predicted octanol–water partition coefficient (Wildman–Crippen LogP) is 3.88. The number of likely N-dealkylation sites (tertiary alicyclic amines) is 1. The highest BCUT2D eigenvalue weighted by atomic mass is 19.1. The zero-order chi connectivity index (χ0) is 24.4. The molecule has 0 spiro atoms. The lowest BCUT2D eigenvalue weighted by Crippen LogP contribution is -2.58. The van der Waals surface area contributed by atoms with Crippen molar-refractivity contribution in [3.8, 4) is 5.75 Å². The van der Waals surface area contributed by atoms with Crippen LogP contribution in [0.15, 0.2) is 48.5 Å². The van der Waals surface area contributed by atoms with Crippen LogP contribution >= 0.6 is 0 Å². The maximum Gasteiger partial charge on any atom is 0.251 e. The van der Waals surface area contributed by atoms with Gasteiger partial charge in [-0.25, -0.2) is 4.39 Å². The molecule has 2 aromatic rings. The molecule has 1 fully saturated rings. The molecular weight excluding hydrogens is 423 g/mol. The van der Waals surface area contributed by atoms with Crippen molar-refractivity contribution in [3.63, 3.8) is 0 Å². The molecule has 3 rings (SSSR count). The fourth-order valence-electron chi connectivity index (χ4n) is 4.49. The topological polar surface area (TPSA) is 78.9 Å². The molecule has 2 N–H and O–H groups in total. The van der Waals surface area contributed by atoms with E-state index >= 15 is 0 Å². The minimum Gasteiger partial charge on any atom is -0.494 e. The Hall–Kier alpha value is -2.93. The summed E-state index contributed by atoms with van der Waals surface area (Å²) in [4.78, 5) is 27.4. The van der Waals surface area contributed by atoms with E-state index in [1.165, 1.54) is 19.2 Å². The summed E-state index contributed by atoms with van der Waals surface area (Å²) in [6.45, 7) is 8.10. The van der Waals surface area contributed by atoms with Crippen LogP contribution < -0.4 is 10.1 Å². The number of nitrogens with zero attached hydrogens (tertiary/aromatic N) is 1. The van der Waals surface area contributed by atoms with Crippen molar-refractivity contribution < 1.29 is 23.8 Å². The summed E-state index contributed by atoms with van der Waals surface area (Å²) < 4.78 is 19.0. The smallest absolute Gasteiger partial charge is 0.251 e. The van der Waals surface area contributed by atoms with Gasteiger partial charge >= 0.3 is 0 Å². The SMILES string of the molecule is COc1cc([C@@]2(O)CCN(C(=O)CC(C)(C)NC(=O)c3ccccc3)CC2(C)C)ccc1F. The molecule has 0 bridgehead atoms. The Labute approximate surface area is 194 Å². The number of carbonyl (C=O) groups is 2. The second-order valence-electron chi connectivity index (χ2n) is 10.0. The van der Waals surface area contributed by atoms with E-state index in [0.717, 1.165) is 0 Å². The number of hydrogen-bond donors (Lipinski definition) is 2. The Morgan fingerprint density at radius 1 is 1.18 bits per heavy atom. The summed E-state index contributed by atoms with van der Waals surface area (Å²) in [5.41, 5.74) is -1.58. The van der Waals surface area contributed by atoms with Crippen molar-refractivity contribution in [1.82, 2.24) is 10.2 Å². The third kappa shape index (κ3) is 5.19. The van der Waals surface area contributed by atoms with Gasteiger partial charge < -0.3 is 20.1 Å². The number of piperidine rings is 1. The van der Waals surface area contributed by atoms with Crippen molar-refractivity contribution in [1.29, 1.82) is 0 Å². The first-order chi connectivity index (χ1) is 15.4. The highest BCUT2D eigenvalue weighted by Gasteiger charge is 2.50. The van der Waals surface area contributed by atoms with E-state index in [-0.39, 0.29) is 24.0 Å². The van der Waals surface area contributed by atoms with E-state index in [9.17, 15) is 19.1 Å². The van der Waals surface area contributed by atoms with Gasteiger partial charge in [0.1, 0.15) is 0 Å². The van der Waals surface area contributed by atoms with E-state index < -0.39 is 22.4 Å². The van der Waals surface area contributed by atoms with Gasteiger partial charge in [-0.05, 0) is 50.1 Å². The molecule has 1 aliphatic rings. The highest BCUT2D eigenvalue weighted by molar-refractivity contribution is 5.95. The minimum absolute atomic E-state index is 0.0751. The molecule has 1 atom stereocenters. The average Bonchev–Trinajstić information content (AvgIpc) is 2.75. The van der Waals surface area contributed by atoms with Crippen LogP contribution in [0.3, 0.4) is 0 Å². The molecule has 1 aliphatic heterocycles. The monoisotopic (exact) mass is 456 g/mol. The van der Waals surface area contributed by atoms with E-state index in [4.69, 9.17) is 4.74 Å². The number of halogens is 1. The summed E-state index contributed by atoms with van der Waals surface area (Å²) in [5, 5.41) is 14.5. The lowest BCUT2D eigenvalue weighted by molar-refractivity contribution is -0.154. The Morgan fingerprint density at radius 2 is 1.85 bits per heavy atom. The predicted molar refractivity (Wildman–Crippen MR) is 124 cm³/mol. The molecule has 33 heavy (non-hydrogen) atoms. The number of nitrogens with one attached hydrogen (secondary N) is 1. The summed E-state index contributed by atoms with van der Waals surface area (Å²) in [7, 11) is 1.39. The van der Waals surface area contributed by atoms with Crippen LogP contribution in [0.25, 0.3) is 0 Å². The van der Waals surface area contributed by atoms with Crippen molar-refractivity contribution in [2.45, 2.75) is 51.7 Å². The number of carbonyl (C=O) groups excluding carboxylic acids is 2. The number of benzene rings is 2. The molecule has 6 nitrogen and oxygen atoms in total. The molecule has 0 aliphatic carbocycles. The van der Waals surface area contributed by atoms with Crippen LogP contribution in [0, 0.1) is 11.2 Å².